The predicted molar refractivity (Wildman–Crippen MR) is 139 cm³/mol. The monoisotopic (exact) mass is 493 g/mol. The fraction of sp³-hybridized carbons (Fsp3) is 0.448. The minimum Gasteiger partial charge on any atom is -0.493 e. The second-order valence-electron chi connectivity index (χ2n) is 9.32. The molecule has 7 heteroatoms. The maximum Gasteiger partial charge on any atom is 0.290 e. The van der Waals surface area contributed by atoms with Gasteiger partial charge in [-0.15, -0.1) is 0 Å². The maximum atomic E-state index is 13.8. The Morgan fingerprint density at radius 2 is 1.72 bits per heavy atom. The summed E-state index contributed by atoms with van der Waals surface area (Å²) in [5.41, 5.74) is 3.39. The Morgan fingerprint density at radius 3 is 2.44 bits per heavy atom. The average Bonchev–Trinajstić information content (AvgIpc) is 3.15. The number of aryl methyl sites for hydroxylation is 2. The molecule has 2 heterocycles. The molecule has 3 aromatic rings. The molecule has 7 nitrogen and oxygen atoms in total. The molecule has 0 spiro atoms. The van der Waals surface area contributed by atoms with Gasteiger partial charge in [0.2, 0.25) is 5.76 Å². The Morgan fingerprint density at radius 1 is 0.944 bits per heavy atom. The molecule has 0 saturated heterocycles. The van der Waals surface area contributed by atoms with Crippen molar-refractivity contribution in [2.75, 3.05) is 34.0 Å². The van der Waals surface area contributed by atoms with E-state index in [1.807, 2.05) is 44.2 Å². The lowest BCUT2D eigenvalue weighted by atomic mass is 9.97. The third kappa shape index (κ3) is 4.85. The number of rotatable bonds is 11. The Balaban J connectivity index is 1.81. The van der Waals surface area contributed by atoms with E-state index < -0.39 is 6.04 Å². The van der Waals surface area contributed by atoms with Gasteiger partial charge in [-0.1, -0.05) is 25.8 Å². The number of carbonyl (C=O) groups is 1. The van der Waals surface area contributed by atoms with E-state index in [9.17, 15) is 9.59 Å². The first-order valence-electron chi connectivity index (χ1n) is 12.6. The van der Waals surface area contributed by atoms with Crippen LogP contribution < -0.4 is 14.9 Å². The van der Waals surface area contributed by atoms with Gasteiger partial charge in [0, 0.05) is 20.3 Å². The minimum absolute atomic E-state index is 0.108. The SMILES string of the molecule is CCCCCOc1ccc(C2c3c(oc4cc(C)c(C)cc4c3=O)C(=O)N2CCCOC)cc1OC. The van der Waals surface area contributed by atoms with Crippen LogP contribution >= 0.6 is 0 Å². The van der Waals surface area contributed by atoms with Gasteiger partial charge in [-0.25, -0.2) is 0 Å². The summed E-state index contributed by atoms with van der Waals surface area (Å²) in [7, 11) is 3.22. The largest absolute Gasteiger partial charge is 0.493 e. The first kappa shape index (κ1) is 25.8. The summed E-state index contributed by atoms with van der Waals surface area (Å²) in [6.07, 6.45) is 3.81. The van der Waals surface area contributed by atoms with Crippen molar-refractivity contribution in [1.82, 2.24) is 4.90 Å². The summed E-state index contributed by atoms with van der Waals surface area (Å²) in [6, 6.07) is 8.70. The summed E-state index contributed by atoms with van der Waals surface area (Å²) in [4.78, 5) is 29.0. The van der Waals surface area contributed by atoms with Gasteiger partial charge < -0.3 is 23.5 Å². The molecule has 0 aliphatic carbocycles. The third-order valence-corrected chi connectivity index (χ3v) is 6.84. The normalized spacial score (nSPS) is 15.0. The molecule has 4 rings (SSSR count). The molecule has 1 amide bonds. The molecule has 1 unspecified atom stereocenters. The molecule has 1 aromatic heterocycles. The first-order valence-corrected chi connectivity index (χ1v) is 12.6. The number of hydrogen-bond acceptors (Lipinski definition) is 6. The van der Waals surface area contributed by atoms with Crippen molar-refractivity contribution < 1.29 is 23.4 Å². The molecule has 0 bridgehead atoms. The molecular weight excluding hydrogens is 458 g/mol. The van der Waals surface area contributed by atoms with Crippen LogP contribution in [-0.2, 0) is 4.74 Å². The summed E-state index contributed by atoms with van der Waals surface area (Å²) >= 11 is 0. The minimum atomic E-state index is -0.588. The van der Waals surface area contributed by atoms with Gasteiger partial charge in [-0.3, -0.25) is 9.59 Å². The van der Waals surface area contributed by atoms with Gasteiger partial charge in [0.15, 0.2) is 16.9 Å². The van der Waals surface area contributed by atoms with Gasteiger partial charge in [-0.05, 0) is 67.6 Å². The molecule has 192 valence electrons. The van der Waals surface area contributed by atoms with Crippen molar-refractivity contribution in [3.8, 4) is 11.5 Å². The quantitative estimate of drug-likeness (QED) is 0.325. The number of fused-ring (bicyclic) bond motifs is 2. The van der Waals surface area contributed by atoms with Crippen LogP contribution in [0.4, 0.5) is 0 Å². The molecule has 0 fully saturated rings. The molecule has 36 heavy (non-hydrogen) atoms. The second kappa shape index (κ2) is 11.2. The van der Waals surface area contributed by atoms with E-state index in [1.54, 1.807) is 19.1 Å². The van der Waals surface area contributed by atoms with Crippen molar-refractivity contribution in [2.45, 2.75) is 52.5 Å². The van der Waals surface area contributed by atoms with Crippen LogP contribution in [0.2, 0.25) is 0 Å². The van der Waals surface area contributed by atoms with Crippen LogP contribution in [0.1, 0.15) is 71.5 Å². The summed E-state index contributed by atoms with van der Waals surface area (Å²) in [6.45, 7) is 7.60. The Kier molecular flexibility index (Phi) is 7.99. The molecule has 1 aliphatic rings. The van der Waals surface area contributed by atoms with E-state index in [0.717, 1.165) is 36.0 Å². The lowest BCUT2D eigenvalue weighted by Gasteiger charge is -2.25. The Bertz CT molecular complexity index is 1310. The molecule has 1 aliphatic heterocycles. The van der Waals surface area contributed by atoms with Gasteiger partial charge in [0.05, 0.1) is 30.7 Å². The van der Waals surface area contributed by atoms with Crippen LogP contribution in [0.5, 0.6) is 11.5 Å². The van der Waals surface area contributed by atoms with Crippen LogP contribution in [0.25, 0.3) is 11.0 Å². The molecule has 0 saturated carbocycles. The molecule has 0 N–H and O–H groups in total. The van der Waals surface area contributed by atoms with E-state index in [4.69, 9.17) is 18.6 Å². The van der Waals surface area contributed by atoms with Crippen molar-refractivity contribution in [3.05, 3.63) is 68.6 Å². The molecule has 1 atom stereocenters. The van der Waals surface area contributed by atoms with Crippen LogP contribution in [-0.4, -0.2) is 44.8 Å². The summed E-state index contributed by atoms with van der Waals surface area (Å²) < 4.78 is 22.9. The van der Waals surface area contributed by atoms with Crippen LogP contribution in [0, 0.1) is 13.8 Å². The van der Waals surface area contributed by atoms with Crippen molar-refractivity contribution in [1.29, 1.82) is 0 Å². The number of methoxy groups -OCH3 is 2. The highest BCUT2D eigenvalue weighted by Gasteiger charge is 2.42. The first-order chi connectivity index (χ1) is 17.4. The smallest absolute Gasteiger partial charge is 0.290 e. The van der Waals surface area contributed by atoms with Crippen molar-refractivity contribution in [3.63, 3.8) is 0 Å². The lowest BCUT2D eigenvalue weighted by Crippen LogP contribution is -2.31. The molecule has 2 aromatic carbocycles. The highest BCUT2D eigenvalue weighted by molar-refractivity contribution is 5.99. The number of carbonyl (C=O) groups excluding carboxylic acids is 1. The topological polar surface area (TPSA) is 78.2 Å². The highest BCUT2D eigenvalue weighted by atomic mass is 16.5. The number of ether oxygens (including phenoxy) is 3. The molecular formula is C29H35NO6. The number of unbranched alkanes of at least 4 members (excludes halogenated alkanes) is 2. The zero-order valence-corrected chi connectivity index (χ0v) is 21.8. The van der Waals surface area contributed by atoms with E-state index in [0.29, 0.717) is 54.2 Å². The number of amides is 1. The zero-order chi connectivity index (χ0) is 25.8. The van der Waals surface area contributed by atoms with Crippen molar-refractivity contribution in [2.24, 2.45) is 0 Å². The zero-order valence-electron chi connectivity index (χ0n) is 21.8. The lowest BCUT2D eigenvalue weighted by molar-refractivity contribution is 0.0707. The third-order valence-electron chi connectivity index (χ3n) is 6.84. The Labute approximate surface area is 212 Å². The fourth-order valence-corrected chi connectivity index (χ4v) is 4.74. The standard InChI is InChI=1S/C29H35NO6/c1-6-7-8-14-35-22-11-10-20(17-24(22)34-5)26-25-27(31)21-15-18(2)19(3)16-23(21)36-28(25)29(32)30(26)12-9-13-33-4/h10-11,15-17,26H,6-9,12-14H2,1-5H3. The van der Waals surface area contributed by atoms with Gasteiger partial charge in [0.1, 0.15) is 5.58 Å². The number of benzene rings is 2. The predicted octanol–water partition coefficient (Wildman–Crippen LogP) is 5.57. The number of nitrogens with zero attached hydrogens (tertiary/aromatic N) is 1. The van der Waals surface area contributed by atoms with Gasteiger partial charge in [-0.2, -0.15) is 0 Å². The highest BCUT2D eigenvalue weighted by Crippen LogP contribution is 2.41. The van der Waals surface area contributed by atoms with Crippen LogP contribution in [0.3, 0.4) is 0 Å². The Hall–Kier alpha value is -3.32. The van der Waals surface area contributed by atoms with E-state index >= 15 is 0 Å². The van der Waals surface area contributed by atoms with E-state index in [2.05, 4.69) is 6.92 Å². The van der Waals surface area contributed by atoms with Crippen LogP contribution in [0.15, 0.2) is 39.5 Å². The van der Waals surface area contributed by atoms with Gasteiger partial charge >= 0.3 is 0 Å². The van der Waals surface area contributed by atoms with Gasteiger partial charge in [0.25, 0.3) is 5.91 Å². The van der Waals surface area contributed by atoms with E-state index in [1.165, 1.54) is 0 Å². The van der Waals surface area contributed by atoms with E-state index in [-0.39, 0.29) is 17.1 Å². The second-order valence-corrected chi connectivity index (χ2v) is 9.32. The summed E-state index contributed by atoms with van der Waals surface area (Å²) in [5.74, 6) is 1.03. The maximum absolute atomic E-state index is 13.8. The fourth-order valence-electron chi connectivity index (χ4n) is 4.74. The number of hydrogen-bond donors (Lipinski definition) is 0. The average molecular weight is 494 g/mol. The summed E-state index contributed by atoms with van der Waals surface area (Å²) in [5, 5.41) is 0.483. The molecule has 0 radical (unpaired) electrons. The van der Waals surface area contributed by atoms with Crippen molar-refractivity contribution >= 4 is 16.9 Å².